The summed E-state index contributed by atoms with van der Waals surface area (Å²) in [4.78, 5) is 0. The lowest BCUT2D eigenvalue weighted by atomic mass is 10.0. The first-order valence-corrected chi connectivity index (χ1v) is 5.66. The molecule has 2 nitrogen and oxygen atoms in total. The third kappa shape index (κ3) is 2.25. The number of benzene rings is 1. The first-order chi connectivity index (χ1) is 8.00. The van der Waals surface area contributed by atoms with Gasteiger partial charge in [-0.1, -0.05) is 0 Å². The minimum Gasteiger partial charge on any atom is -0.457 e. The highest BCUT2D eigenvalue weighted by Crippen LogP contribution is 2.31. The van der Waals surface area contributed by atoms with Crippen molar-refractivity contribution in [3.8, 4) is 0 Å². The first-order valence-electron chi connectivity index (χ1n) is 4.87. The van der Waals surface area contributed by atoms with Gasteiger partial charge in [-0.15, -0.1) is 0 Å². The molecule has 1 aromatic heterocycles. The number of hydrogen-bond acceptors (Lipinski definition) is 2. The van der Waals surface area contributed by atoms with Gasteiger partial charge in [0.05, 0.1) is 6.26 Å². The van der Waals surface area contributed by atoms with Crippen LogP contribution in [0.3, 0.4) is 0 Å². The standard InChI is InChI=1S/C12H9BrF2O2/c1-6-4-8(10(15)5-9(6)14)11(16)7-2-3-17-12(7)13/h2-5,11,16H,1H3. The van der Waals surface area contributed by atoms with Crippen molar-refractivity contribution >= 4 is 15.9 Å². The monoisotopic (exact) mass is 302 g/mol. The topological polar surface area (TPSA) is 33.4 Å². The van der Waals surface area contributed by atoms with Gasteiger partial charge in [-0.05, 0) is 40.5 Å². The van der Waals surface area contributed by atoms with Crippen molar-refractivity contribution in [1.82, 2.24) is 0 Å². The van der Waals surface area contributed by atoms with Crippen molar-refractivity contribution in [2.45, 2.75) is 13.0 Å². The second-order valence-electron chi connectivity index (χ2n) is 3.68. The van der Waals surface area contributed by atoms with Gasteiger partial charge < -0.3 is 9.52 Å². The van der Waals surface area contributed by atoms with Gasteiger partial charge in [0.1, 0.15) is 17.7 Å². The molecule has 0 bridgehead atoms. The summed E-state index contributed by atoms with van der Waals surface area (Å²) < 4.78 is 31.9. The van der Waals surface area contributed by atoms with Gasteiger partial charge in [-0.2, -0.15) is 0 Å². The molecule has 2 rings (SSSR count). The van der Waals surface area contributed by atoms with E-state index in [2.05, 4.69) is 15.9 Å². The molecule has 5 heteroatoms. The molecule has 1 aromatic carbocycles. The van der Waals surface area contributed by atoms with Crippen molar-refractivity contribution in [2.75, 3.05) is 0 Å². The van der Waals surface area contributed by atoms with E-state index in [1.807, 2.05) is 0 Å². The van der Waals surface area contributed by atoms with Gasteiger partial charge in [0, 0.05) is 17.2 Å². The van der Waals surface area contributed by atoms with Crippen LogP contribution in [0.25, 0.3) is 0 Å². The molecule has 0 aliphatic heterocycles. The van der Waals surface area contributed by atoms with Crippen molar-refractivity contribution in [3.05, 3.63) is 57.5 Å². The van der Waals surface area contributed by atoms with Crippen molar-refractivity contribution < 1.29 is 18.3 Å². The molecule has 1 heterocycles. The third-order valence-corrected chi connectivity index (χ3v) is 3.16. The quantitative estimate of drug-likeness (QED) is 0.917. The molecule has 0 aliphatic rings. The Bertz CT molecular complexity index is 551. The molecule has 90 valence electrons. The predicted molar refractivity (Wildman–Crippen MR) is 61.6 cm³/mol. The highest BCUT2D eigenvalue weighted by molar-refractivity contribution is 9.10. The lowest BCUT2D eigenvalue weighted by molar-refractivity contribution is 0.212. The maximum atomic E-state index is 13.6. The maximum absolute atomic E-state index is 13.6. The minimum atomic E-state index is -1.19. The normalized spacial score (nSPS) is 12.8. The molecule has 0 aliphatic carbocycles. The lowest BCUT2D eigenvalue weighted by Crippen LogP contribution is -2.04. The molecule has 2 aromatic rings. The summed E-state index contributed by atoms with van der Waals surface area (Å²) in [5.74, 6) is -1.42. The molecule has 0 saturated heterocycles. The Morgan fingerprint density at radius 1 is 1.24 bits per heavy atom. The maximum Gasteiger partial charge on any atom is 0.175 e. The molecule has 17 heavy (non-hydrogen) atoms. The third-order valence-electron chi connectivity index (χ3n) is 2.51. The molecular weight excluding hydrogens is 294 g/mol. The Balaban J connectivity index is 2.48. The van der Waals surface area contributed by atoms with Crippen LogP contribution < -0.4 is 0 Å². The number of aliphatic hydroxyl groups excluding tert-OH is 1. The van der Waals surface area contributed by atoms with Crippen LogP contribution in [0, 0.1) is 18.6 Å². The fourth-order valence-corrected chi connectivity index (χ4v) is 2.01. The van der Waals surface area contributed by atoms with Gasteiger partial charge >= 0.3 is 0 Å². The smallest absolute Gasteiger partial charge is 0.175 e. The van der Waals surface area contributed by atoms with Gasteiger partial charge in [-0.25, -0.2) is 8.78 Å². The number of hydrogen-bond donors (Lipinski definition) is 1. The van der Waals surface area contributed by atoms with E-state index in [0.29, 0.717) is 10.2 Å². The van der Waals surface area contributed by atoms with E-state index in [-0.39, 0.29) is 11.1 Å². The Labute approximate surface area is 105 Å². The molecule has 0 saturated carbocycles. The Hall–Kier alpha value is -1.20. The van der Waals surface area contributed by atoms with Crippen LogP contribution in [0.4, 0.5) is 8.78 Å². The number of furan rings is 1. The summed E-state index contributed by atoms with van der Waals surface area (Å²) >= 11 is 3.10. The largest absolute Gasteiger partial charge is 0.457 e. The number of aliphatic hydroxyl groups is 1. The Kier molecular flexibility index (Phi) is 3.31. The second kappa shape index (κ2) is 4.58. The summed E-state index contributed by atoms with van der Waals surface area (Å²) in [5.41, 5.74) is 0.695. The number of aryl methyl sites for hydroxylation is 1. The number of rotatable bonds is 2. The van der Waals surface area contributed by atoms with Crippen LogP contribution in [0.2, 0.25) is 0 Å². The summed E-state index contributed by atoms with van der Waals surface area (Å²) in [6.45, 7) is 1.51. The van der Waals surface area contributed by atoms with E-state index in [1.54, 1.807) is 0 Å². The van der Waals surface area contributed by atoms with Crippen LogP contribution in [0.15, 0.2) is 33.5 Å². The molecule has 1 unspecified atom stereocenters. The fraction of sp³-hybridized carbons (Fsp3) is 0.167. The van der Waals surface area contributed by atoms with Crippen LogP contribution >= 0.6 is 15.9 Å². The minimum absolute atomic E-state index is 0.0194. The van der Waals surface area contributed by atoms with Crippen LogP contribution in [0.5, 0.6) is 0 Å². The SMILES string of the molecule is Cc1cc(C(O)c2ccoc2Br)c(F)cc1F. The van der Waals surface area contributed by atoms with E-state index in [1.165, 1.54) is 25.3 Å². The summed E-state index contributed by atoms with van der Waals surface area (Å²) in [6, 6.07) is 3.57. The lowest BCUT2D eigenvalue weighted by Gasteiger charge is -2.12. The van der Waals surface area contributed by atoms with Crippen molar-refractivity contribution in [2.24, 2.45) is 0 Å². The van der Waals surface area contributed by atoms with Crippen LogP contribution in [-0.4, -0.2) is 5.11 Å². The summed E-state index contributed by atoms with van der Waals surface area (Å²) in [6.07, 6.45) is 0.180. The zero-order valence-corrected chi connectivity index (χ0v) is 10.5. The van der Waals surface area contributed by atoms with E-state index in [9.17, 15) is 13.9 Å². The molecule has 1 N–H and O–H groups in total. The summed E-state index contributed by atoms with van der Waals surface area (Å²) in [7, 11) is 0. The zero-order chi connectivity index (χ0) is 12.6. The average Bonchev–Trinajstić information content (AvgIpc) is 2.69. The van der Waals surface area contributed by atoms with Crippen molar-refractivity contribution in [3.63, 3.8) is 0 Å². The molecular formula is C12H9BrF2O2. The summed E-state index contributed by atoms with van der Waals surface area (Å²) in [5, 5.41) is 10.0. The predicted octanol–water partition coefficient (Wildman–Crippen LogP) is 3.71. The first kappa shape index (κ1) is 12.3. The van der Waals surface area contributed by atoms with Crippen LogP contribution in [-0.2, 0) is 0 Å². The fourth-order valence-electron chi connectivity index (χ4n) is 1.56. The molecule has 0 spiro atoms. The zero-order valence-electron chi connectivity index (χ0n) is 8.88. The average molecular weight is 303 g/mol. The molecule has 1 atom stereocenters. The van der Waals surface area contributed by atoms with E-state index < -0.39 is 17.7 Å². The van der Waals surface area contributed by atoms with Gasteiger partial charge in [0.15, 0.2) is 4.67 Å². The van der Waals surface area contributed by atoms with Gasteiger partial charge in [-0.3, -0.25) is 0 Å². The van der Waals surface area contributed by atoms with Crippen molar-refractivity contribution in [1.29, 1.82) is 0 Å². The van der Waals surface area contributed by atoms with E-state index in [4.69, 9.17) is 4.42 Å². The molecule has 0 fully saturated rings. The number of halogens is 3. The van der Waals surface area contributed by atoms with Crippen LogP contribution in [0.1, 0.15) is 22.8 Å². The van der Waals surface area contributed by atoms with E-state index >= 15 is 0 Å². The highest BCUT2D eigenvalue weighted by atomic mass is 79.9. The Morgan fingerprint density at radius 2 is 1.94 bits per heavy atom. The Morgan fingerprint density at radius 3 is 2.53 bits per heavy atom. The van der Waals surface area contributed by atoms with E-state index in [0.717, 1.165) is 6.07 Å². The van der Waals surface area contributed by atoms with Gasteiger partial charge in [0.2, 0.25) is 0 Å². The highest BCUT2D eigenvalue weighted by Gasteiger charge is 2.20. The molecule has 0 radical (unpaired) electrons. The van der Waals surface area contributed by atoms with Gasteiger partial charge in [0.25, 0.3) is 0 Å². The molecule has 0 amide bonds. The second-order valence-corrected chi connectivity index (χ2v) is 4.40.